The van der Waals surface area contributed by atoms with Crippen LogP contribution in [0, 0.1) is 11.8 Å². The molecule has 2 N–H and O–H groups in total. The average molecular weight is 502 g/mol. The second-order valence-electron chi connectivity index (χ2n) is 7.55. The van der Waals surface area contributed by atoms with Crippen LogP contribution in [0.15, 0.2) is 29.3 Å². The van der Waals surface area contributed by atoms with Crippen molar-refractivity contribution >= 4 is 35.6 Å². The maximum absolute atomic E-state index is 5.67. The molecule has 158 valence electrons. The Morgan fingerprint density at radius 3 is 2.82 bits per heavy atom. The van der Waals surface area contributed by atoms with E-state index in [-0.39, 0.29) is 24.0 Å². The van der Waals surface area contributed by atoms with Gasteiger partial charge in [-0.15, -0.1) is 24.0 Å². The van der Waals surface area contributed by atoms with E-state index in [0.717, 1.165) is 63.4 Å². The van der Waals surface area contributed by atoms with Gasteiger partial charge in [-0.25, -0.2) is 0 Å². The zero-order chi connectivity index (χ0) is 18.9. The first-order chi connectivity index (χ1) is 13.3. The van der Waals surface area contributed by atoms with E-state index in [1.807, 2.05) is 13.1 Å². The first-order valence-electron chi connectivity index (χ1n) is 10.2. The molecule has 2 fully saturated rings. The number of halogens is 1. The number of nitrogens with zero attached hydrogens (tertiary/aromatic N) is 2. The Hall–Kier alpha value is -1.22. The van der Waals surface area contributed by atoms with Crippen molar-refractivity contribution in [3.8, 4) is 5.75 Å². The number of methoxy groups -OCH3 is 1. The highest BCUT2D eigenvalue weighted by molar-refractivity contribution is 14.0. The predicted molar refractivity (Wildman–Crippen MR) is 126 cm³/mol. The minimum absolute atomic E-state index is 0. The molecule has 1 saturated carbocycles. The fourth-order valence-electron chi connectivity index (χ4n) is 3.42. The Kier molecular flexibility index (Phi) is 10.2. The van der Waals surface area contributed by atoms with Gasteiger partial charge < -0.3 is 25.0 Å². The van der Waals surface area contributed by atoms with Crippen LogP contribution in [0.2, 0.25) is 0 Å². The van der Waals surface area contributed by atoms with Crippen molar-refractivity contribution in [1.82, 2.24) is 10.6 Å². The summed E-state index contributed by atoms with van der Waals surface area (Å²) in [6, 6.07) is 8.32. The molecule has 1 heterocycles. The summed E-state index contributed by atoms with van der Waals surface area (Å²) in [6.07, 6.45) is 4.91. The topological polar surface area (TPSA) is 58.1 Å². The Morgan fingerprint density at radius 1 is 1.21 bits per heavy atom. The summed E-state index contributed by atoms with van der Waals surface area (Å²) in [7, 11) is 3.55. The number of hydrogen-bond donors (Lipinski definition) is 2. The number of benzene rings is 1. The van der Waals surface area contributed by atoms with Gasteiger partial charge in [0.15, 0.2) is 5.96 Å². The van der Waals surface area contributed by atoms with Gasteiger partial charge in [0.2, 0.25) is 0 Å². The molecule has 2 aliphatic rings. The lowest BCUT2D eigenvalue weighted by Crippen LogP contribution is -2.40. The highest BCUT2D eigenvalue weighted by atomic mass is 127. The number of aliphatic imine (C=N–C) groups is 1. The summed E-state index contributed by atoms with van der Waals surface area (Å²) in [6.45, 7) is 5.76. The van der Waals surface area contributed by atoms with Gasteiger partial charge in [-0.1, -0.05) is 6.07 Å². The lowest BCUT2D eigenvalue weighted by atomic mass is 10.1. The van der Waals surface area contributed by atoms with Crippen molar-refractivity contribution in [2.45, 2.75) is 25.7 Å². The molecule has 0 aromatic heterocycles. The predicted octanol–water partition coefficient (Wildman–Crippen LogP) is 3.12. The summed E-state index contributed by atoms with van der Waals surface area (Å²) in [5.74, 6) is 3.27. The van der Waals surface area contributed by atoms with E-state index in [2.05, 4.69) is 38.7 Å². The number of rotatable bonds is 10. The van der Waals surface area contributed by atoms with Crippen molar-refractivity contribution in [3.05, 3.63) is 24.3 Å². The number of anilines is 1. The second-order valence-corrected chi connectivity index (χ2v) is 7.55. The van der Waals surface area contributed by atoms with Gasteiger partial charge in [0.1, 0.15) is 5.75 Å². The maximum Gasteiger partial charge on any atom is 0.190 e. The molecule has 7 heteroatoms. The van der Waals surface area contributed by atoms with E-state index in [0.29, 0.717) is 5.92 Å². The van der Waals surface area contributed by atoms with Gasteiger partial charge in [0.25, 0.3) is 0 Å². The number of ether oxygens (including phenoxy) is 2. The molecule has 1 atom stereocenters. The first kappa shape index (κ1) is 23.1. The van der Waals surface area contributed by atoms with Gasteiger partial charge in [0.05, 0.1) is 7.11 Å². The molecule has 1 aliphatic heterocycles. The normalized spacial score (nSPS) is 19.3. The monoisotopic (exact) mass is 502 g/mol. The second kappa shape index (κ2) is 12.4. The van der Waals surface area contributed by atoms with Crippen LogP contribution in [0.1, 0.15) is 25.7 Å². The molecule has 1 aromatic carbocycles. The molecule has 3 rings (SSSR count). The third-order valence-electron chi connectivity index (χ3n) is 5.29. The Morgan fingerprint density at radius 2 is 2.07 bits per heavy atom. The highest BCUT2D eigenvalue weighted by Crippen LogP contribution is 2.28. The average Bonchev–Trinajstić information content (AvgIpc) is 3.41. The van der Waals surface area contributed by atoms with Crippen LogP contribution >= 0.6 is 24.0 Å². The summed E-state index contributed by atoms with van der Waals surface area (Å²) >= 11 is 0. The number of nitrogens with one attached hydrogen (secondary N) is 2. The maximum atomic E-state index is 5.67. The smallest absolute Gasteiger partial charge is 0.190 e. The summed E-state index contributed by atoms with van der Waals surface area (Å²) in [5.41, 5.74) is 1.24. The van der Waals surface area contributed by atoms with Crippen LogP contribution < -0.4 is 20.3 Å². The van der Waals surface area contributed by atoms with Gasteiger partial charge in [0, 0.05) is 58.2 Å². The molecular formula is C21H35IN4O2. The Bertz CT molecular complexity index is 610. The molecular weight excluding hydrogens is 467 g/mol. The first-order valence-corrected chi connectivity index (χ1v) is 10.2. The summed E-state index contributed by atoms with van der Waals surface area (Å²) in [4.78, 5) is 6.76. The van der Waals surface area contributed by atoms with E-state index < -0.39 is 0 Å². The van der Waals surface area contributed by atoms with Gasteiger partial charge in [-0.3, -0.25) is 4.99 Å². The Balaban J connectivity index is 0.00000280. The van der Waals surface area contributed by atoms with Gasteiger partial charge in [-0.05, 0) is 49.7 Å². The van der Waals surface area contributed by atoms with Crippen molar-refractivity contribution in [2.24, 2.45) is 16.8 Å². The summed E-state index contributed by atoms with van der Waals surface area (Å²) in [5, 5.41) is 6.86. The van der Waals surface area contributed by atoms with E-state index in [1.54, 1.807) is 7.11 Å². The fourth-order valence-corrected chi connectivity index (χ4v) is 3.42. The SMILES string of the molecule is CN=C(NCCCOCC1CC1)NCC1CCN(c2cccc(OC)c2)C1.I. The van der Waals surface area contributed by atoms with E-state index in [4.69, 9.17) is 9.47 Å². The third-order valence-corrected chi connectivity index (χ3v) is 5.29. The van der Waals surface area contributed by atoms with Crippen LogP contribution in [-0.2, 0) is 4.74 Å². The van der Waals surface area contributed by atoms with Gasteiger partial charge in [-0.2, -0.15) is 0 Å². The third kappa shape index (κ3) is 7.66. The molecule has 0 radical (unpaired) electrons. The van der Waals surface area contributed by atoms with Crippen molar-refractivity contribution in [2.75, 3.05) is 58.5 Å². The highest BCUT2D eigenvalue weighted by Gasteiger charge is 2.23. The van der Waals surface area contributed by atoms with Gasteiger partial charge >= 0.3 is 0 Å². The van der Waals surface area contributed by atoms with Crippen molar-refractivity contribution in [3.63, 3.8) is 0 Å². The van der Waals surface area contributed by atoms with Crippen LogP contribution in [0.5, 0.6) is 5.75 Å². The molecule has 1 saturated heterocycles. The lowest BCUT2D eigenvalue weighted by Gasteiger charge is -2.20. The van der Waals surface area contributed by atoms with Crippen LogP contribution in [0.4, 0.5) is 5.69 Å². The lowest BCUT2D eigenvalue weighted by molar-refractivity contribution is 0.123. The molecule has 1 aromatic rings. The minimum atomic E-state index is 0. The minimum Gasteiger partial charge on any atom is -0.497 e. The standard InChI is InChI=1S/C21H34N4O2.HI/c1-22-21(23-10-4-12-27-16-17-7-8-17)24-14-18-9-11-25(15-18)19-5-3-6-20(13-19)26-2;/h3,5-6,13,17-18H,4,7-12,14-16H2,1-2H3,(H2,22,23,24);1H. The zero-order valence-corrected chi connectivity index (χ0v) is 19.5. The molecule has 1 aliphatic carbocycles. The molecule has 1 unspecified atom stereocenters. The summed E-state index contributed by atoms with van der Waals surface area (Å²) < 4.78 is 11.0. The Labute approximate surface area is 186 Å². The van der Waals surface area contributed by atoms with E-state index in [9.17, 15) is 0 Å². The number of guanidine groups is 1. The van der Waals surface area contributed by atoms with Crippen LogP contribution in [0.3, 0.4) is 0 Å². The van der Waals surface area contributed by atoms with Crippen molar-refractivity contribution in [1.29, 1.82) is 0 Å². The largest absolute Gasteiger partial charge is 0.497 e. The fraction of sp³-hybridized carbons (Fsp3) is 0.667. The van der Waals surface area contributed by atoms with E-state index >= 15 is 0 Å². The van der Waals surface area contributed by atoms with Crippen LogP contribution in [0.25, 0.3) is 0 Å². The quantitative estimate of drug-likeness (QED) is 0.223. The molecule has 0 spiro atoms. The number of hydrogen-bond acceptors (Lipinski definition) is 4. The molecule has 28 heavy (non-hydrogen) atoms. The molecule has 0 amide bonds. The molecule has 6 nitrogen and oxygen atoms in total. The van der Waals surface area contributed by atoms with Crippen molar-refractivity contribution < 1.29 is 9.47 Å². The molecule has 0 bridgehead atoms. The van der Waals surface area contributed by atoms with E-state index in [1.165, 1.54) is 24.9 Å². The van der Waals surface area contributed by atoms with Crippen LogP contribution in [-0.4, -0.2) is 59.5 Å². The zero-order valence-electron chi connectivity index (χ0n) is 17.2.